The van der Waals surface area contributed by atoms with Crippen molar-refractivity contribution in [2.45, 2.75) is 69.6 Å². The molecule has 7 nitrogen and oxygen atoms in total. The lowest BCUT2D eigenvalue weighted by molar-refractivity contribution is -0.136. The van der Waals surface area contributed by atoms with Gasteiger partial charge in [-0.1, -0.05) is 48.4 Å². The maximum Gasteiger partial charge on any atom is 0.255 e. The van der Waals surface area contributed by atoms with Gasteiger partial charge in [-0.15, -0.1) is 0 Å². The SMILES string of the molecule is O=C1CCC(N2Cc3c(ccc(OC4CCCCC4)c3Cl)C2=O)C(=O)N1.c1ccc(C2CNC2)cc1. The number of fused-ring (bicyclic) bond motifs is 1. The molecule has 0 radical (unpaired) electrons. The molecule has 1 unspecified atom stereocenters. The average molecular weight is 510 g/mol. The van der Waals surface area contributed by atoms with Crippen LogP contribution in [0.4, 0.5) is 0 Å². The van der Waals surface area contributed by atoms with Gasteiger partial charge in [-0.25, -0.2) is 0 Å². The Balaban J connectivity index is 0.000000222. The zero-order valence-electron chi connectivity index (χ0n) is 20.3. The lowest BCUT2D eigenvalue weighted by atomic mass is 9.94. The highest BCUT2D eigenvalue weighted by Crippen LogP contribution is 2.38. The van der Waals surface area contributed by atoms with Gasteiger partial charge in [0, 0.05) is 43.1 Å². The number of halogens is 1. The van der Waals surface area contributed by atoms with Crippen LogP contribution in [0.3, 0.4) is 0 Å². The molecule has 2 aromatic carbocycles. The van der Waals surface area contributed by atoms with Crippen molar-refractivity contribution in [3.63, 3.8) is 0 Å². The Kier molecular flexibility index (Phi) is 7.58. The molecule has 2 N–H and O–H groups in total. The van der Waals surface area contributed by atoms with Crippen LogP contribution in [0.5, 0.6) is 5.75 Å². The number of amides is 3. The highest BCUT2D eigenvalue weighted by Gasteiger charge is 2.40. The fourth-order valence-corrected chi connectivity index (χ4v) is 5.56. The maximum atomic E-state index is 12.7. The second kappa shape index (κ2) is 11.0. The first-order valence-corrected chi connectivity index (χ1v) is 13.3. The Labute approximate surface area is 216 Å². The predicted octanol–water partition coefficient (Wildman–Crippen LogP) is 4.19. The summed E-state index contributed by atoms with van der Waals surface area (Å²) >= 11 is 6.54. The Hall–Kier alpha value is -2.90. The molecule has 36 heavy (non-hydrogen) atoms. The third-order valence-electron chi connectivity index (χ3n) is 7.51. The van der Waals surface area contributed by atoms with Crippen molar-refractivity contribution in [3.8, 4) is 5.75 Å². The molecule has 190 valence electrons. The number of benzene rings is 2. The number of imide groups is 1. The monoisotopic (exact) mass is 509 g/mol. The smallest absolute Gasteiger partial charge is 0.255 e. The first-order valence-electron chi connectivity index (χ1n) is 12.9. The van der Waals surface area contributed by atoms with Crippen molar-refractivity contribution >= 4 is 29.3 Å². The molecule has 0 bridgehead atoms. The van der Waals surface area contributed by atoms with Crippen LogP contribution in [0.15, 0.2) is 42.5 Å². The van der Waals surface area contributed by atoms with Crippen LogP contribution in [0.1, 0.15) is 72.3 Å². The summed E-state index contributed by atoms with van der Waals surface area (Å²) < 4.78 is 6.08. The molecule has 2 saturated heterocycles. The molecule has 1 aliphatic carbocycles. The summed E-state index contributed by atoms with van der Waals surface area (Å²) in [4.78, 5) is 37.7. The second-order valence-electron chi connectivity index (χ2n) is 9.95. The number of hydrogen-bond acceptors (Lipinski definition) is 5. The summed E-state index contributed by atoms with van der Waals surface area (Å²) in [5.74, 6) is 0.450. The van der Waals surface area contributed by atoms with E-state index in [4.69, 9.17) is 16.3 Å². The molecule has 8 heteroatoms. The van der Waals surface area contributed by atoms with E-state index >= 15 is 0 Å². The van der Waals surface area contributed by atoms with Crippen molar-refractivity contribution in [1.82, 2.24) is 15.5 Å². The minimum absolute atomic E-state index is 0.169. The fraction of sp³-hybridized carbons (Fsp3) is 0.464. The summed E-state index contributed by atoms with van der Waals surface area (Å²) in [6.07, 6.45) is 6.36. The predicted molar refractivity (Wildman–Crippen MR) is 137 cm³/mol. The molecule has 3 fully saturated rings. The third kappa shape index (κ3) is 5.27. The Morgan fingerprint density at radius 1 is 0.917 bits per heavy atom. The van der Waals surface area contributed by atoms with Crippen molar-refractivity contribution in [1.29, 1.82) is 0 Å². The number of ether oxygens (including phenoxy) is 1. The summed E-state index contributed by atoms with van der Waals surface area (Å²) in [6, 6.07) is 13.5. The molecule has 3 heterocycles. The molecule has 3 amide bonds. The van der Waals surface area contributed by atoms with Gasteiger partial charge in [0.1, 0.15) is 11.8 Å². The number of nitrogens with one attached hydrogen (secondary N) is 2. The van der Waals surface area contributed by atoms with Gasteiger partial charge >= 0.3 is 0 Å². The fourth-order valence-electron chi connectivity index (χ4n) is 5.29. The van der Waals surface area contributed by atoms with Gasteiger partial charge in [-0.3, -0.25) is 19.7 Å². The lowest BCUT2D eigenvalue weighted by Crippen LogP contribution is -2.52. The number of rotatable bonds is 4. The molecule has 0 aromatic heterocycles. The number of carbonyl (C=O) groups excluding carboxylic acids is 3. The lowest BCUT2D eigenvalue weighted by Gasteiger charge is -2.29. The first kappa shape index (κ1) is 24.8. The molecule has 1 saturated carbocycles. The zero-order valence-corrected chi connectivity index (χ0v) is 21.1. The van der Waals surface area contributed by atoms with Crippen molar-refractivity contribution < 1.29 is 19.1 Å². The summed E-state index contributed by atoms with van der Waals surface area (Å²) in [6.45, 7) is 2.58. The van der Waals surface area contributed by atoms with E-state index in [0.29, 0.717) is 28.3 Å². The molecule has 4 aliphatic rings. The molecule has 0 spiro atoms. The number of piperidine rings is 1. The third-order valence-corrected chi connectivity index (χ3v) is 7.93. The van der Waals surface area contributed by atoms with Crippen LogP contribution in [0.2, 0.25) is 5.02 Å². The van der Waals surface area contributed by atoms with Gasteiger partial charge in [0.15, 0.2) is 0 Å². The van der Waals surface area contributed by atoms with Crippen LogP contribution in [0, 0.1) is 0 Å². The van der Waals surface area contributed by atoms with E-state index in [2.05, 4.69) is 41.0 Å². The molecule has 3 aliphatic heterocycles. The summed E-state index contributed by atoms with van der Waals surface area (Å²) in [5.41, 5.74) is 2.69. The number of hydrogen-bond donors (Lipinski definition) is 2. The molecule has 1 atom stereocenters. The van der Waals surface area contributed by atoms with Gasteiger partial charge in [0.25, 0.3) is 5.91 Å². The molecular formula is C28H32ClN3O4. The standard InChI is InChI=1S/C19H21ClN2O4.C9H11N/c20-17-13-10-22(14-7-9-16(23)21-18(14)24)19(25)12(13)6-8-15(17)26-11-4-2-1-3-5-11;1-2-4-8(5-3-1)9-6-10-7-9/h6,8,11,14H,1-5,7,9-10H2,(H,21,23,24);1-5,9-10H,6-7H2. The van der Waals surface area contributed by atoms with Gasteiger partial charge in [0.05, 0.1) is 11.1 Å². The number of carbonyl (C=O) groups is 3. The molecule has 2 aromatic rings. The van der Waals surface area contributed by atoms with E-state index in [-0.39, 0.29) is 30.9 Å². The van der Waals surface area contributed by atoms with Crippen molar-refractivity contribution in [2.24, 2.45) is 0 Å². The minimum atomic E-state index is -0.633. The van der Waals surface area contributed by atoms with Gasteiger partial charge in [-0.05, 0) is 49.8 Å². The van der Waals surface area contributed by atoms with E-state index in [9.17, 15) is 14.4 Å². The van der Waals surface area contributed by atoms with Crippen LogP contribution >= 0.6 is 11.6 Å². The van der Waals surface area contributed by atoms with Gasteiger partial charge in [-0.2, -0.15) is 0 Å². The van der Waals surface area contributed by atoms with Crippen LogP contribution in [-0.2, 0) is 16.1 Å². The number of nitrogens with zero attached hydrogens (tertiary/aromatic N) is 1. The quantitative estimate of drug-likeness (QED) is 0.603. The summed E-state index contributed by atoms with van der Waals surface area (Å²) in [5, 5.41) is 6.02. The largest absolute Gasteiger partial charge is 0.489 e. The average Bonchev–Trinajstić information content (AvgIpc) is 3.18. The van der Waals surface area contributed by atoms with Crippen molar-refractivity contribution in [2.75, 3.05) is 13.1 Å². The zero-order chi connectivity index (χ0) is 25.1. The highest BCUT2D eigenvalue weighted by molar-refractivity contribution is 6.33. The topological polar surface area (TPSA) is 87.7 Å². The van der Waals surface area contributed by atoms with E-state index in [1.807, 2.05) is 0 Å². The van der Waals surface area contributed by atoms with Crippen LogP contribution in [-0.4, -0.2) is 47.9 Å². The first-order chi connectivity index (χ1) is 17.5. The van der Waals surface area contributed by atoms with Gasteiger partial charge in [0.2, 0.25) is 11.8 Å². The van der Waals surface area contributed by atoms with E-state index in [1.54, 1.807) is 12.1 Å². The highest BCUT2D eigenvalue weighted by atomic mass is 35.5. The van der Waals surface area contributed by atoms with Crippen LogP contribution < -0.4 is 15.4 Å². The summed E-state index contributed by atoms with van der Waals surface area (Å²) in [7, 11) is 0. The maximum absolute atomic E-state index is 12.7. The molecular weight excluding hydrogens is 478 g/mol. The van der Waals surface area contributed by atoms with Crippen LogP contribution in [0.25, 0.3) is 0 Å². The minimum Gasteiger partial charge on any atom is -0.489 e. The molecule has 6 rings (SSSR count). The van der Waals surface area contributed by atoms with Gasteiger partial charge < -0.3 is 15.0 Å². The second-order valence-corrected chi connectivity index (χ2v) is 10.3. The normalized spacial score (nSPS) is 22.3. The Morgan fingerprint density at radius 3 is 2.33 bits per heavy atom. The Morgan fingerprint density at radius 2 is 1.67 bits per heavy atom. The van der Waals surface area contributed by atoms with E-state index in [0.717, 1.165) is 44.7 Å². The van der Waals surface area contributed by atoms with E-state index in [1.165, 1.54) is 16.9 Å². The Bertz CT molecular complexity index is 1130. The van der Waals surface area contributed by atoms with E-state index < -0.39 is 11.9 Å². The van der Waals surface area contributed by atoms with Crippen molar-refractivity contribution in [3.05, 3.63) is 64.2 Å².